The number of para-hydroxylation sites is 1. The molecule has 1 fully saturated rings. The lowest BCUT2D eigenvalue weighted by atomic mass is 9.97. The van der Waals surface area contributed by atoms with E-state index in [1.165, 1.54) is 28.0 Å². The lowest BCUT2D eigenvalue weighted by Crippen LogP contribution is -2.43. The van der Waals surface area contributed by atoms with Crippen molar-refractivity contribution in [1.82, 2.24) is 9.97 Å². The second kappa shape index (κ2) is 8.40. The Morgan fingerprint density at radius 2 is 1.78 bits per heavy atom. The molecule has 3 aromatic rings. The highest BCUT2D eigenvalue weighted by Gasteiger charge is 2.36. The average Bonchev–Trinajstić information content (AvgIpc) is 3.69. The van der Waals surface area contributed by atoms with Gasteiger partial charge in [-0.2, -0.15) is 9.97 Å². The van der Waals surface area contributed by atoms with Gasteiger partial charge in [0, 0.05) is 17.3 Å². The molecule has 7 nitrogen and oxygen atoms in total. The molecule has 1 aliphatic carbocycles. The standard InChI is InChI=1S/C29H29N7/c1-16-8-5-6-11-22(16)36-25(20-12-13-20)23-17(2)9-7-10-21(23)33-28(36)19(4)32-27-24-18(3)14-15-31-26(24)34-29(30)35-27/h5-11,15,19H,12-13H2,1-4H3,(H4,30,31,32,34,35). The smallest absolute Gasteiger partial charge is 0.223 e. The van der Waals surface area contributed by atoms with Crippen molar-refractivity contribution in [3.8, 4) is 0 Å². The fourth-order valence-corrected chi connectivity index (χ4v) is 5.03. The second-order valence-corrected chi connectivity index (χ2v) is 9.59. The summed E-state index contributed by atoms with van der Waals surface area (Å²) < 4.78 is 0. The van der Waals surface area contributed by atoms with E-state index < -0.39 is 0 Å². The number of nitrogens with one attached hydrogen (secondary N) is 2. The zero-order valence-corrected chi connectivity index (χ0v) is 21.0. The van der Waals surface area contributed by atoms with Crippen molar-refractivity contribution in [3.63, 3.8) is 0 Å². The quantitative estimate of drug-likeness (QED) is 0.391. The lowest BCUT2D eigenvalue weighted by molar-refractivity contribution is 0.983. The van der Waals surface area contributed by atoms with E-state index in [1.54, 1.807) is 6.20 Å². The number of nitrogens with two attached hydrogens (primary N) is 1. The Hall–Kier alpha value is -4.35. The first-order valence-corrected chi connectivity index (χ1v) is 12.3. The number of allylic oxidation sites excluding steroid dienone is 2. The van der Waals surface area contributed by atoms with Gasteiger partial charge in [-0.3, -0.25) is 4.90 Å². The summed E-state index contributed by atoms with van der Waals surface area (Å²) in [5, 5.41) is 6.76. The molecular formula is C29H29N7. The van der Waals surface area contributed by atoms with Crippen LogP contribution in [0.2, 0.25) is 0 Å². The molecule has 36 heavy (non-hydrogen) atoms. The van der Waals surface area contributed by atoms with E-state index in [1.807, 2.05) is 6.92 Å². The Bertz CT molecular complexity index is 1530. The van der Waals surface area contributed by atoms with Crippen molar-refractivity contribution in [3.05, 3.63) is 82.2 Å². The third-order valence-corrected chi connectivity index (χ3v) is 6.91. The molecular weight excluding hydrogens is 446 g/mol. The van der Waals surface area contributed by atoms with E-state index in [0.29, 0.717) is 11.6 Å². The maximum Gasteiger partial charge on any atom is 0.223 e. The van der Waals surface area contributed by atoms with E-state index in [2.05, 4.69) is 94.5 Å². The molecule has 1 aromatic heterocycles. The van der Waals surface area contributed by atoms with Crippen molar-refractivity contribution in [1.29, 1.82) is 0 Å². The Balaban J connectivity index is 1.52. The monoisotopic (exact) mass is 475 g/mol. The van der Waals surface area contributed by atoms with Crippen LogP contribution in [0, 0.1) is 13.8 Å². The maximum absolute atomic E-state index is 6.08. The van der Waals surface area contributed by atoms with Crippen LogP contribution in [0.3, 0.4) is 0 Å². The van der Waals surface area contributed by atoms with Gasteiger partial charge in [-0.05, 0) is 69.4 Å². The molecule has 1 unspecified atom stereocenters. The van der Waals surface area contributed by atoms with Gasteiger partial charge in [0.25, 0.3) is 0 Å². The minimum atomic E-state index is -0.176. The fraction of sp³-hybridized carbons (Fsp3) is 0.241. The Morgan fingerprint density at radius 3 is 2.56 bits per heavy atom. The van der Waals surface area contributed by atoms with Gasteiger partial charge in [0.2, 0.25) is 5.95 Å². The highest BCUT2D eigenvalue weighted by Crippen LogP contribution is 2.47. The lowest BCUT2D eigenvalue weighted by Gasteiger charge is -2.37. The number of amidine groups is 1. The van der Waals surface area contributed by atoms with E-state index in [4.69, 9.17) is 10.7 Å². The van der Waals surface area contributed by atoms with Crippen LogP contribution in [-0.4, -0.2) is 21.8 Å². The number of nitrogens with zero attached hydrogens (tertiary/aromatic N) is 4. The number of aromatic nitrogens is 2. The van der Waals surface area contributed by atoms with Crippen LogP contribution >= 0.6 is 0 Å². The zero-order valence-electron chi connectivity index (χ0n) is 21.0. The van der Waals surface area contributed by atoms with Gasteiger partial charge in [-0.1, -0.05) is 36.1 Å². The van der Waals surface area contributed by atoms with Crippen LogP contribution in [0.1, 0.15) is 48.9 Å². The van der Waals surface area contributed by atoms with Gasteiger partial charge in [-0.25, -0.2) is 4.99 Å². The van der Waals surface area contributed by atoms with Crippen LogP contribution in [0.4, 0.5) is 29.0 Å². The molecule has 0 bridgehead atoms. The summed E-state index contributed by atoms with van der Waals surface area (Å²) in [5.74, 6) is 2.47. The molecule has 3 heterocycles. The summed E-state index contributed by atoms with van der Waals surface area (Å²) in [4.78, 5) is 16.5. The minimum absolute atomic E-state index is 0.176. The second-order valence-electron chi connectivity index (χ2n) is 9.59. The van der Waals surface area contributed by atoms with Crippen molar-refractivity contribution in [2.45, 2.75) is 46.6 Å². The molecule has 1 saturated carbocycles. The van der Waals surface area contributed by atoms with E-state index in [0.717, 1.165) is 41.2 Å². The Labute approximate surface area is 211 Å². The summed E-state index contributed by atoms with van der Waals surface area (Å²) in [6.45, 7) is 8.45. The number of hydrogen-bond acceptors (Lipinski definition) is 7. The van der Waals surface area contributed by atoms with Crippen molar-refractivity contribution in [2.75, 3.05) is 21.3 Å². The minimum Gasteiger partial charge on any atom is -0.368 e. The normalized spacial score (nSPS) is 16.5. The fourth-order valence-electron chi connectivity index (χ4n) is 5.03. The number of hydrogen-bond donors (Lipinski definition) is 3. The Morgan fingerprint density at radius 1 is 1.00 bits per heavy atom. The molecule has 0 saturated heterocycles. The summed E-state index contributed by atoms with van der Waals surface area (Å²) in [7, 11) is 0. The zero-order chi connectivity index (χ0) is 25.0. The summed E-state index contributed by atoms with van der Waals surface area (Å²) in [5.41, 5.74) is 19.6. The van der Waals surface area contributed by atoms with Crippen molar-refractivity contribution in [2.24, 2.45) is 4.99 Å². The molecule has 6 rings (SSSR count). The SMILES string of the molecule is CC1=C=CNc2nc(N)nc(NC(C)C3=Nc4cccc(C)c4C(=C4CC4)N3c3ccccc3C)c21. The Kier molecular flexibility index (Phi) is 5.16. The topological polar surface area (TPSA) is 91.5 Å². The average molecular weight is 476 g/mol. The van der Waals surface area contributed by atoms with Crippen LogP contribution < -0.4 is 21.3 Å². The number of aryl methyl sites for hydroxylation is 2. The molecule has 3 aliphatic rings. The molecule has 0 amide bonds. The van der Waals surface area contributed by atoms with E-state index >= 15 is 0 Å². The summed E-state index contributed by atoms with van der Waals surface area (Å²) in [6, 6.07) is 14.7. The predicted octanol–water partition coefficient (Wildman–Crippen LogP) is 6.17. The van der Waals surface area contributed by atoms with Crippen LogP contribution in [-0.2, 0) is 0 Å². The van der Waals surface area contributed by atoms with Crippen molar-refractivity contribution < 1.29 is 0 Å². The molecule has 2 aromatic carbocycles. The van der Waals surface area contributed by atoms with E-state index in [9.17, 15) is 0 Å². The first kappa shape index (κ1) is 22.1. The molecule has 4 N–H and O–H groups in total. The number of nitrogen functional groups attached to an aromatic ring is 1. The molecule has 0 radical (unpaired) electrons. The number of aliphatic imine (C=N–C) groups is 1. The van der Waals surface area contributed by atoms with Crippen LogP contribution in [0.15, 0.2) is 65.0 Å². The maximum atomic E-state index is 6.08. The molecule has 7 heteroatoms. The first-order chi connectivity index (χ1) is 17.4. The van der Waals surface area contributed by atoms with Gasteiger partial charge < -0.3 is 16.4 Å². The summed E-state index contributed by atoms with van der Waals surface area (Å²) in [6.07, 6.45) is 3.97. The van der Waals surface area contributed by atoms with Gasteiger partial charge in [0.15, 0.2) is 0 Å². The number of anilines is 4. The highest BCUT2D eigenvalue weighted by atomic mass is 15.3. The summed E-state index contributed by atoms with van der Waals surface area (Å²) >= 11 is 0. The predicted molar refractivity (Wildman–Crippen MR) is 148 cm³/mol. The highest BCUT2D eigenvalue weighted by molar-refractivity contribution is 6.17. The van der Waals surface area contributed by atoms with Crippen molar-refractivity contribution >= 4 is 46.1 Å². The molecule has 1 atom stereocenters. The van der Waals surface area contributed by atoms with Crippen LogP contribution in [0.25, 0.3) is 11.3 Å². The third kappa shape index (κ3) is 3.65. The number of rotatable bonds is 4. The first-order valence-electron chi connectivity index (χ1n) is 12.3. The third-order valence-electron chi connectivity index (χ3n) is 6.91. The van der Waals surface area contributed by atoms with Gasteiger partial charge in [-0.15, -0.1) is 0 Å². The number of fused-ring (bicyclic) bond motifs is 2. The van der Waals surface area contributed by atoms with Gasteiger partial charge >= 0.3 is 0 Å². The van der Waals surface area contributed by atoms with Gasteiger partial charge in [0.1, 0.15) is 17.5 Å². The molecule has 180 valence electrons. The number of benzene rings is 2. The van der Waals surface area contributed by atoms with E-state index in [-0.39, 0.29) is 12.0 Å². The molecule has 0 spiro atoms. The van der Waals surface area contributed by atoms with Gasteiger partial charge in [0.05, 0.1) is 28.7 Å². The largest absolute Gasteiger partial charge is 0.368 e. The van der Waals surface area contributed by atoms with Crippen LogP contribution in [0.5, 0.6) is 0 Å². The molecule has 2 aliphatic heterocycles.